The Bertz CT molecular complexity index is 2190. The SMILES string of the molecule is Nc1cc(-c2ccc3c(c2)CCCOc2cc(ccc2Cc2nc4ccc(C(=O)O)cc4n2C[C@@H]2CCO2)-c2cccc(n2)OC3)ccn1. The van der Waals surface area contributed by atoms with Crippen LogP contribution in [0.4, 0.5) is 5.82 Å². The van der Waals surface area contributed by atoms with Crippen LogP contribution in [-0.2, 0) is 30.7 Å². The average Bonchev–Trinajstić information content (AvgIpc) is 3.43. The number of benzene rings is 3. The summed E-state index contributed by atoms with van der Waals surface area (Å²) in [4.78, 5) is 25.7. The zero-order valence-electron chi connectivity index (χ0n) is 26.8. The lowest BCUT2D eigenvalue weighted by molar-refractivity contribution is -0.0589. The molecule has 3 aromatic carbocycles. The van der Waals surface area contributed by atoms with E-state index in [-0.39, 0.29) is 11.7 Å². The average molecular weight is 654 g/mol. The van der Waals surface area contributed by atoms with Crippen molar-refractivity contribution in [2.45, 2.75) is 44.9 Å². The highest BCUT2D eigenvalue weighted by Crippen LogP contribution is 2.32. The number of carboxylic acid groups (broad SMARTS) is 1. The molecule has 1 fully saturated rings. The molecule has 49 heavy (non-hydrogen) atoms. The van der Waals surface area contributed by atoms with Gasteiger partial charge in [-0.25, -0.2) is 19.7 Å². The van der Waals surface area contributed by atoms with Gasteiger partial charge in [-0.3, -0.25) is 0 Å². The van der Waals surface area contributed by atoms with Crippen molar-refractivity contribution in [3.63, 3.8) is 0 Å². The summed E-state index contributed by atoms with van der Waals surface area (Å²) in [6.07, 6.45) is 4.83. The zero-order valence-corrected chi connectivity index (χ0v) is 26.8. The van der Waals surface area contributed by atoms with E-state index in [2.05, 4.69) is 33.8 Å². The predicted molar refractivity (Wildman–Crippen MR) is 186 cm³/mol. The molecule has 2 aliphatic rings. The molecule has 10 nitrogen and oxygen atoms in total. The van der Waals surface area contributed by atoms with Gasteiger partial charge in [-0.1, -0.05) is 36.4 Å². The van der Waals surface area contributed by atoms with Gasteiger partial charge < -0.3 is 29.6 Å². The van der Waals surface area contributed by atoms with E-state index >= 15 is 0 Å². The monoisotopic (exact) mass is 653 g/mol. The lowest BCUT2D eigenvalue weighted by Gasteiger charge is -2.27. The molecule has 2 aliphatic heterocycles. The van der Waals surface area contributed by atoms with Crippen molar-refractivity contribution in [1.82, 2.24) is 19.5 Å². The fourth-order valence-electron chi connectivity index (χ4n) is 6.50. The van der Waals surface area contributed by atoms with Gasteiger partial charge in [0.1, 0.15) is 24.0 Å². The number of anilines is 1. The molecule has 1 saturated heterocycles. The molecule has 0 amide bonds. The van der Waals surface area contributed by atoms with Crippen LogP contribution in [0.15, 0.2) is 91.1 Å². The maximum atomic E-state index is 11.8. The van der Waals surface area contributed by atoms with E-state index in [9.17, 15) is 9.90 Å². The predicted octanol–water partition coefficient (Wildman–Crippen LogP) is 6.72. The molecule has 246 valence electrons. The van der Waals surface area contributed by atoms with Crippen LogP contribution >= 0.6 is 0 Å². The molecule has 1 atom stereocenters. The van der Waals surface area contributed by atoms with Crippen molar-refractivity contribution in [1.29, 1.82) is 0 Å². The molecule has 3 N–H and O–H groups in total. The molecule has 0 unspecified atom stereocenters. The number of aryl methyl sites for hydroxylation is 1. The molecule has 10 heteroatoms. The Morgan fingerprint density at radius 1 is 0.898 bits per heavy atom. The Morgan fingerprint density at radius 2 is 1.78 bits per heavy atom. The maximum absolute atomic E-state index is 11.8. The van der Waals surface area contributed by atoms with Gasteiger partial charge in [0, 0.05) is 36.4 Å². The summed E-state index contributed by atoms with van der Waals surface area (Å²) in [6, 6.07) is 27.3. The lowest BCUT2D eigenvalue weighted by atomic mass is 9.97. The van der Waals surface area contributed by atoms with Crippen LogP contribution in [0.1, 0.15) is 45.7 Å². The number of nitrogens with two attached hydrogens (primary N) is 1. The second-order valence-corrected chi connectivity index (χ2v) is 12.5. The van der Waals surface area contributed by atoms with Gasteiger partial charge in [0.25, 0.3) is 0 Å². The Kier molecular flexibility index (Phi) is 8.14. The number of nitrogens with zero attached hydrogens (tertiary/aromatic N) is 4. The third-order valence-corrected chi connectivity index (χ3v) is 9.23. The van der Waals surface area contributed by atoms with Gasteiger partial charge in [-0.2, -0.15) is 0 Å². The first kappa shape index (κ1) is 30.6. The minimum atomic E-state index is -0.967. The third kappa shape index (κ3) is 6.42. The standard InChI is InChI=1S/C39H35N5O5/c40-36-20-26(12-14-41-36)25-6-9-30-23-49-38-5-1-4-32(43-38)27-7-8-28(35(19-27)48-15-2-3-24(30)17-25)21-37-42-33-11-10-29(39(45)46)18-34(33)44(37)22-31-13-16-47-31/h1,4-12,14,17-20,31H,2-3,13,15-16,21-23H2,(H2,40,41)(H,45,46)/t31-/m0/s1. The van der Waals surface area contributed by atoms with E-state index < -0.39 is 5.97 Å². The fraction of sp³-hybridized carbons (Fsp3) is 0.231. The van der Waals surface area contributed by atoms with Crippen LogP contribution in [0, 0.1) is 0 Å². The van der Waals surface area contributed by atoms with E-state index in [0.29, 0.717) is 37.9 Å². The highest BCUT2D eigenvalue weighted by Gasteiger charge is 2.23. The summed E-state index contributed by atoms with van der Waals surface area (Å²) in [6.45, 7) is 2.24. The Labute approximate surface area is 283 Å². The van der Waals surface area contributed by atoms with Crippen LogP contribution in [0.25, 0.3) is 33.4 Å². The minimum absolute atomic E-state index is 0.0705. The van der Waals surface area contributed by atoms with Crippen molar-refractivity contribution in [2.75, 3.05) is 18.9 Å². The molecule has 0 aliphatic carbocycles. The van der Waals surface area contributed by atoms with Crippen LogP contribution in [0.2, 0.25) is 0 Å². The van der Waals surface area contributed by atoms with Crippen LogP contribution in [0.3, 0.4) is 0 Å². The quantitative estimate of drug-likeness (QED) is 0.201. The van der Waals surface area contributed by atoms with Crippen LogP contribution in [0.5, 0.6) is 11.6 Å². The molecule has 0 spiro atoms. The molecule has 4 bridgehead atoms. The fourth-order valence-corrected chi connectivity index (χ4v) is 6.50. The normalized spacial score (nSPS) is 15.7. The molecular weight excluding hydrogens is 618 g/mol. The van der Waals surface area contributed by atoms with Gasteiger partial charge in [-0.05, 0) is 84.0 Å². The van der Waals surface area contributed by atoms with Gasteiger partial charge >= 0.3 is 5.97 Å². The molecule has 0 radical (unpaired) electrons. The second-order valence-electron chi connectivity index (χ2n) is 12.5. The number of aromatic nitrogens is 4. The van der Waals surface area contributed by atoms with Crippen molar-refractivity contribution in [3.05, 3.63) is 119 Å². The first-order valence-electron chi connectivity index (χ1n) is 16.5. The highest BCUT2D eigenvalue weighted by molar-refractivity contribution is 5.92. The topological polar surface area (TPSA) is 135 Å². The molecule has 0 saturated carbocycles. The second kappa shape index (κ2) is 13.0. The Balaban J connectivity index is 1.13. The summed E-state index contributed by atoms with van der Waals surface area (Å²) < 4.78 is 20.7. The number of imidazole rings is 1. The summed E-state index contributed by atoms with van der Waals surface area (Å²) in [5.74, 6) is 1.65. The number of nitrogen functional groups attached to an aromatic ring is 1. The van der Waals surface area contributed by atoms with Crippen molar-refractivity contribution >= 4 is 22.8 Å². The van der Waals surface area contributed by atoms with E-state index in [1.165, 1.54) is 5.56 Å². The maximum Gasteiger partial charge on any atom is 0.335 e. The van der Waals surface area contributed by atoms with Crippen molar-refractivity contribution < 1.29 is 24.1 Å². The van der Waals surface area contributed by atoms with Gasteiger partial charge in [0.15, 0.2) is 0 Å². The number of hydrogen-bond acceptors (Lipinski definition) is 8. The number of pyridine rings is 2. The Hall–Kier alpha value is -5.74. The van der Waals surface area contributed by atoms with E-state index in [4.69, 9.17) is 29.9 Å². The van der Waals surface area contributed by atoms with E-state index in [0.717, 1.165) is 82.0 Å². The van der Waals surface area contributed by atoms with Gasteiger partial charge in [0.05, 0.1) is 41.5 Å². The summed E-state index contributed by atoms with van der Waals surface area (Å²) in [5, 5.41) is 9.67. The minimum Gasteiger partial charge on any atom is -0.493 e. The van der Waals surface area contributed by atoms with Crippen LogP contribution in [-0.4, -0.2) is 49.9 Å². The first-order valence-corrected chi connectivity index (χ1v) is 16.5. The zero-order chi connectivity index (χ0) is 33.3. The van der Waals surface area contributed by atoms with Crippen molar-refractivity contribution in [2.24, 2.45) is 0 Å². The van der Waals surface area contributed by atoms with Crippen LogP contribution < -0.4 is 15.2 Å². The summed E-state index contributed by atoms with van der Waals surface area (Å²) in [7, 11) is 0. The number of aromatic carboxylic acids is 1. The largest absolute Gasteiger partial charge is 0.493 e. The molecule has 6 aromatic rings. The molecule has 3 aromatic heterocycles. The summed E-state index contributed by atoms with van der Waals surface area (Å²) >= 11 is 0. The lowest BCUT2D eigenvalue weighted by Crippen LogP contribution is -2.31. The number of hydrogen-bond donors (Lipinski definition) is 2. The number of fused-ring (bicyclic) bond motifs is 7. The number of carboxylic acids is 1. The number of carbonyl (C=O) groups is 1. The smallest absolute Gasteiger partial charge is 0.335 e. The summed E-state index contributed by atoms with van der Waals surface area (Å²) in [5.41, 5.74) is 14.8. The van der Waals surface area contributed by atoms with Gasteiger partial charge in [0.2, 0.25) is 5.88 Å². The van der Waals surface area contributed by atoms with Gasteiger partial charge in [-0.15, -0.1) is 0 Å². The van der Waals surface area contributed by atoms with E-state index in [1.807, 2.05) is 42.5 Å². The molecule has 5 heterocycles. The third-order valence-electron chi connectivity index (χ3n) is 9.23. The van der Waals surface area contributed by atoms with Crippen molar-refractivity contribution in [3.8, 4) is 34.0 Å². The highest BCUT2D eigenvalue weighted by atomic mass is 16.5. The first-order chi connectivity index (χ1) is 24.0. The molecule has 8 rings (SSSR count). The number of rotatable bonds is 6. The Morgan fingerprint density at radius 3 is 2.61 bits per heavy atom. The number of ether oxygens (including phenoxy) is 3. The van der Waals surface area contributed by atoms with E-state index in [1.54, 1.807) is 24.4 Å². The molecular formula is C39H35N5O5.